The molecule has 1 rings (SSSR count). The van der Waals surface area contributed by atoms with Crippen LogP contribution in [-0.2, 0) is 4.74 Å². The van der Waals surface area contributed by atoms with Gasteiger partial charge in [0.1, 0.15) is 5.76 Å². The van der Waals surface area contributed by atoms with E-state index in [2.05, 4.69) is 6.58 Å². The number of esters is 1. The molecule has 84 valence electrons. The van der Waals surface area contributed by atoms with Crippen LogP contribution in [0.2, 0.25) is 0 Å². The minimum Gasteiger partial charge on any atom is -0.478 e. The Hall–Kier alpha value is -2.10. The Labute approximate surface area is 93.2 Å². The Morgan fingerprint density at radius 1 is 1.25 bits per heavy atom. The van der Waals surface area contributed by atoms with Crippen LogP contribution in [0.1, 0.15) is 34.1 Å². The number of carboxylic acids is 1. The number of ether oxygens (including phenoxy) is 1. The smallest absolute Gasteiger partial charge is 0.343 e. The number of hydrogen-bond donors (Lipinski definition) is 1. The minimum absolute atomic E-state index is 0.130. The van der Waals surface area contributed by atoms with E-state index in [1.807, 2.05) is 6.92 Å². The molecule has 0 bridgehead atoms. The average molecular weight is 220 g/mol. The highest BCUT2D eigenvalue weighted by atomic mass is 16.5. The molecule has 0 amide bonds. The number of aromatic carboxylic acids is 1. The predicted octanol–water partition coefficient (Wildman–Crippen LogP) is 2.47. The Kier molecular flexibility index (Phi) is 3.83. The molecule has 16 heavy (non-hydrogen) atoms. The highest BCUT2D eigenvalue weighted by Gasteiger charge is 2.09. The molecular formula is C12H12O4. The summed E-state index contributed by atoms with van der Waals surface area (Å²) in [5.74, 6) is -1.17. The Bertz CT molecular complexity index is 417. The second kappa shape index (κ2) is 5.11. The molecule has 1 aromatic rings. The van der Waals surface area contributed by atoms with Crippen LogP contribution >= 0.6 is 0 Å². The summed E-state index contributed by atoms with van der Waals surface area (Å²) in [5.41, 5.74) is 0.436. The number of carboxylic acid groups (broad SMARTS) is 1. The summed E-state index contributed by atoms with van der Waals surface area (Å²) in [7, 11) is 0. The molecule has 4 nitrogen and oxygen atoms in total. The number of carbonyl (C=O) groups excluding carboxylic acids is 1. The van der Waals surface area contributed by atoms with Crippen molar-refractivity contribution in [1.29, 1.82) is 0 Å². The quantitative estimate of drug-likeness (QED) is 0.625. The molecule has 0 atom stereocenters. The van der Waals surface area contributed by atoms with Crippen molar-refractivity contribution in [3.63, 3.8) is 0 Å². The van der Waals surface area contributed by atoms with E-state index >= 15 is 0 Å². The maximum atomic E-state index is 11.5. The molecule has 0 saturated carbocycles. The summed E-state index contributed by atoms with van der Waals surface area (Å²) >= 11 is 0. The third-order valence-corrected chi connectivity index (χ3v) is 2.00. The van der Waals surface area contributed by atoms with Crippen molar-refractivity contribution in [2.24, 2.45) is 0 Å². The van der Waals surface area contributed by atoms with E-state index in [4.69, 9.17) is 9.84 Å². The highest BCUT2D eigenvalue weighted by molar-refractivity contribution is 5.92. The zero-order valence-corrected chi connectivity index (χ0v) is 8.90. The van der Waals surface area contributed by atoms with Gasteiger partial charge in [-0.15, -0.1) is 0 Å². The van der Waals surface area contributed by atoms with E-state index in [1.54, 1.807) is 0 Å². The van der Waals surface area contributed by atoms with Crippen LogP contribution < -0.4 is 0 Å². The van der Waals surface area contributed by atoms with Crippen molar-refractivity contribution in [3.05, 3.63) is 47.7 Å². The van der Waals surface area contributed by atoms with Crippen LogP contribution in [0.3, 0.4) is 0 Å². The Morgan fingerprint density at radius 3 is 2.19 bits per heavy atom. The molecule has 0 fully saturated rings. The zero-order valence-electron chi connectivity index (χ0n) is 8.90. The monoisotopic (exact) mass is 220 g/mol. The molecule has 0 aliphatic rings. The van der Waals surface area contributed by atoms with Gasteiger partial charge < -0.3 is 9.84 Å². The third kappa shape index (κ3) is 2.95. The first kappa shape index (κ1) is 12.0. The van der Waals surface area contributed by atoms with Crippen LogP contribution in [0.4, 0.5) is 0 Å². The first-order chi connectivity index (χ1) is 7.54. The lowest BCUT2D eigenvalue weighted by molar-refractivity contribution is 0.0615. The van der Waals surface area contributed by atoms with Crippen LogP contribution in [-0.4, -0.2) is 17.0 Å². The predicted molar refractivity (Wildman–Crippen MR) is 58.2 cm³/mol. The van der Waals surface area contributed by atoms with Gasteiger partial charge in [0.25, 0.3) is 0 Å². The number of benzene rings is 1. The second-order valence-corrected chi connectivity index (χ2v) is 3.16. The zero-order chi connectivity index (χ0) is 12.1. The van der Waals surface area contributed by atoms with Gasteiger partial charge in [0.05, 0.1) is 11.1 Å². The van der Waals surface area contributed by atoms with Crippen LogP contribution in [0.5, 0.6) is 0 Å². The maximum absolute atomic E-state index is 11.5. The van der Waals surface area contributed by atoms with Gasteiger partial charge >= 0.3 is 11.9 Å². The Morgan fingerprint density at radius 2 is 1.75 bits per heavy atom. The molecule has 0 aliphatic heterocycles. The molecule has 0 aliphatic carbocycles. The summed E-state index contributed by atoms with van der Waals surface area (Å²) in [6.07, 6.45) is 0.555. The van der Waals surface area contributed by atoms with Crippen LogP contribution in [0.15, 0.2) is 36.6 Å². The number of allylic oxidation sites excluding steroid dienone is 1. The van der Waals surface area contributed by atoms with Gasteiger partial charge in [-0.3, -0.25) is 0 Å². The van der Waals surface area contributed by atoms with Gasteiger partial charge in [-0.1, -0.05) is 13.5 Å². The molecular weight excluding hydrogens is 208 g/mol. The molecule has 0 radical (unpaired) electrons. The topological polar surface area (TPSA) is 63.6 Å². The second-order valence-electron chi connectivity index (χ2n) is 3.16. The molecule has 0 saturated heterocycles. The molecule has 0 aromatic heterocycles. The van der Waals surface area contributed by atoms with Crippen LogP contribution in [0, 0.1) is 0 Å². The van der Waals surface area contributed by atoms with Crippen molar-refractivity contribution in [2.75, 3.05) is 0 Å². The standard InChI is InChI=1S/C12H12O4/c1-3-8(2)16-12(15)10-6-4-9(5-7-10)11(13)14/h4-7H,2-3H2,1H3,(H,13,14). The molecule has 1 aromatic carbocycles. The van der Waals surface area contributed by atoms with Crippen molar-refractivity contribution in [2.45, 2.75) is 13.3 Å². The van der Waals surface area contributed by atoms with Gasteiger partial charge in [0.2, 0.25) is 0 Å². The lowest BCUT2D eigenvalue weighted by Gasteiger charge is -2.04. The number of hydrogen-bond acceptors (Lipinski definition) is 3. The molecule has 1 N–H and O–H groups in total. The van der Waals surface area contributed by atoms with Crippen molar-refractivity contribution in [3.8, 4) is 0 Å². The van der Waals surface area contributed by atoms with E-state index in [0.29, 0.717) is 17.7 Å². The number of rotatable bonds is 4. The number of carbonyl (C=O) groups is 2. The summed E-state index contributed by atoms with van der Waals surface area (Å²) in [6.45, 7) is 5.37. The fourth-order valence-electron chi connectivity index (χ4n) is 1.01. The van der Waals surface area contributed by atoms with E-state index in [9.17, 15) is 9.59 Å². The fraction of sp³-hybridized carbons (Fsp3) is 0.167. The molecule has 0 spiro atoms. The lowest BCUT2D eigenvalue weighted by atomic mass is 10.1. The van der Waals surface area contributed by atoms with E-state index in [0.717, 1.165) is 0 Å². The third-order valence-electron chi connectivity index (χ3n) is 2.00. The minimum atomic E-state index is -1.03. The summed E-state index contributed by atoms with van der Waals surface area (Å²) in [4.78, 5) is 22.0. The van der Waals surface area contributed by atoms with E-state index < -0.39 is 11.9 Å². The van der Waals surface area contributed by atoms with Crippen molar-refractivity contribution in [1.82, 2.24) is 0 Å². The van der Waals surface area contributed by atoms with Gasteiger partial charge in [0, 0.05) is 6.42 Å². The van der Waals surface area contributed by atoms with Gasteiger partial charge in [-0.2, -0.15) is 0 Å². The normalized spacial score (nSPS) is 9.56. The first-order valence-electron chi connectivity index (χ1n) is 4.78. The van der Waals surface area contributed by atoms with Gasteiger partial charge in [-0.25, -0.2) is 9.59 Å². The van der Waals surface area contributed by atoms with Crippen molar-refractivity contribution < 1.29 is 19.4 Å². The van der Waals surface area contributed by atoms with Gasteiger partial charge in [0.15, 0.2) is 0 Å². The SMILES string of the molecule is C=C(CC)OC(=O)c1ccc(C(=O)O)cc1. The fourth-order valence-corrected chi connectivity index (χ4v) is 1.01. The molecule has 0 unspecified atom stereocenters. The maximum Gasteiger partial charge on any atom is 0.343 e. The van der Waals surface area contributed by atoms with Crippen molar-refractivity contribution >= 4 is 11.9 Å². The summed E-state index contributed by atoms with van der Waals surface area (Å²) < 4.78 is 4.91. The van der Waals surface area contributed by atoms with Gasteiger partial charge in [-0.05, 0) is 24.3 Å². The van der Waals surface area contributed by atoms with E-state index in [1.165, 1.54) is 24.3 Å². The largest absolute Gasteiger partial charge is 0.478 e. The van der Waals surface area contributed by atoms with E-state index in [-0.39, 0.29) is 5.56 Å². The first-order valence-corrected chi connectivity index (χ1v) is 4.78. The summed E-state index contributed by atoms with van der Waals surface area (Å²) in [5, 5.41) is 8.67. The Balaban J connectivity index is 2.78. The highest BCUT2D eigenvalue weighted by Crippen LogP contribution is 2.09. The average Bonchev–Trinajstić information content (AvgIpc) is 2.28. The summed E-state index contributed by atoms with van der Waals surface area (Å²) in [6, 6.07) is 5.53. The van der Waals surface area contributed by atoms with Crippen LogP contribution in [0.25, 0.3) is 0 Å². The lowest BCUT2D eigenvalue weighted by Crippen LogP contribution is -2.05. The molecule has 4 heteroatoms. The molecule has 0 heterocycles.